The summed E-state index contributed by atoms with van der Waals surface area (Å²) in [5.74, 6) is -0.866. The average Bonchev–Trinajstić information content (AvgIpc) is 3.15. The van der Waals surface area contributed by atoms with E-state index in [9.17, 15) is 19.0 Å². The Labute approximate surface area is 343 Å². The van der Waals surface area contributed by atoms with Crippen molar-refractivity contribution in [3.05, 3.63) is 48.6 Å². The first-order chi connectivity index (χ1) is 27.0. The molecule has 56 heavy (non-hydrogen) atoms. The minimum absolute atomic E-state index is 0.0368. The number of carbonyl (C=O) groups is 2. The molecule has 0 rings (SSSR count). The zero-order valence-electron chi connectivity index (χ0n) is 36.6. The van der Waals surface area contributed by atoms with E-state index in [0.717, 1.165) is 64.2 Å². The molecule has 2 atom stereocenters. The van der Waals surface area contributed by atoms with E-state index in [-0.39, 0.29) is 26.1 Å². The van der Waals surface area contributed by atoms with Crippen molar-refractivity contribution in [2.75, 3.05) is 47.5 Å². The van der Waals surface area contributed by atoms with Crippen LogP contribution in [0.25, 0.3) is 0 Å². The standard InChI is InChI=1S/C46H84NO8P/c1-6-8-10-12-14-16-18-20-22-23-25-26-28-30-32-34-36-38-45(48)52-42-44(43-54-56(50,51)53-41-40-47(3,4)5)55-46(49)39-37-35-33-31-29-27-24-21-19-17-15-13-11-9-7-2/h14,16-17,19-20,22,25-26,44H,6-13,15,18,21,23-24,27-43H2,1-5H3/b16-14-,19-17-,22-20-,26-25-/t44-/m1/s1. The summed E-state index contributed by atoms with van der Waals surface area (Å²) < 4.78 is 33.9. The molecule has 0 heterocycles. The lowest BCUT2D eigenvalue weighted by Gasteiger charge is -2.28. The summed E-state index contributed by atoms with van der Waals surface area (Å²) in [5.41, 5.74) is 0. The van der Waals surface area contributed by atoms with Gasteiger partial charge in [0.05, 0.1) is 27.7 Å². The summed E-state index contributed by atoms with van der Waals surface area (Å²) in [5, 5.41) is 0. The van der Waals surface area contributed by atoms with Gasteiger partial charge < -0.3 is 27.9 Å². The van der Waals surface area contributed by atoms with E-state index in [2.05, 4.69) is 62.5 Å². The van der Waals surface area contributed by atoms with Crippen LogP contribution in [0.5, 0.6) is 0 Å². The Balaban J connectivity index is 4.40. The number of hydrogen-bond acceptors (Lipinski definition) is 8. The zero-order chi connectivity index (χ0) is 41.4. The molecule has 0 bridgehead atoms. The molecule has 0 aromatic carbocycles. The monoisotopic (exact) mass is 810 g/mol. The fourth-order valence-corrected chi connectivity index (χ4v) is 6.50. The Morgan fingerprint density at radius 1 is 0.554 bits per heavy atom. The van der Waals surface area contributed by atoms with Crippen molar-refractivity contribution in [1.82, 2.24) is 0 Å². The van der Waals surface area contributed by atoms with Crippen LogP contribution in [-0.2, 0) is 32.7 Å². The summed E-state index contributed by atoms with van der Waals surface area (Å²) in [7, 11) is 1.14. The summed E-state index contributed by atoms with van der Waals surface area (Å²) in [4.78, 5) is 37.5. The first-order valence-electron chi connectivity index (χ1n) is 22.3. The molecule has 0 N–H and O–H groups in total. The van der Waals surface area contributed by atoms with Crippen molar-refractivity contribution >= 4 is 19.8 Å². The number of hydrogen-bond donors (Lipinski definition) is 0. The first-order valence-corrected chi connectivity index (χ1v) is 23.8. The van der Waals surface area contributed by atoms with E-state index in [0.29, 0.717) is 23.9 Å². The number of phosphoric ester groups is 1. The van der Waals surface area contributed by atoms with Crippen LogP contribution in [0.3, 0.4) is 0 Å². The molecule has 0 amide bonds. The number of quaternary nitrogens is 1. The minimum Gasteiger partial charge on any atom is -0.756 e. The lowest BCUT2D eigenvalue weighted by Crippen LogP contribution is -2.37. The molecule has 0 radical (unpaired) electrons. The van der Waals surface area contributed by atoms with Gasteiger partial charge in [-0.1, -0.05) is 140 Å². The SMILES string of the molecule is CCCCC/C=C\C/C=C\C/C=C\CCCCCCC(=O)OC[C@H](COP(=O)([O-])OCC[N+](C)(C)C)OC(=O)CCCCCCCCC/C=C\CCCCCC. The van der Waals surface area contributed by atoms with Crippen LogP contribution in [0.15, 0.2) is 48.6 Å². The highest BCUT2D eigenvalue weighted by atomic mass is 31.2. The molecular weight excluding hydrogens is 725 g/mol. The number of phosphoric acid groups is 1. The Morgan fingerprint density at radius 3 is 1.48 bits per heavy atom. The maximum Gasteiger partial charge on any atom is 0.306 e. The van der Waals surface area contributed by atoms with Crippen LogP contribution in [0.1, 0.15) is 181 Å². The van der Waals surface area contributed by atoms with Crippen molar-refractivity contribution in [2.24, 2.45) is 0 Å². The largest absolute Gasteiger partial charge is 0.756 e. The first kappa shape index (κ1) is 54.0. The molecule has 9 nitrogen and oxygen atoms in total. The number of allylic oxidation sites excluding steroid dienone is 8. The molecule has 0 aliphatic carbocycles. The van der Waals surface area contributed by atoms with Gasteiger partial charge >= 0.3 is 11.9 Å². The molecule has 0 spiro atoms. The second-order valence-corrected chi connectivity index (χ2v) is 17.5. The van der Waals surface area contributed by atoms with Gasteiger partial charge in [-0.15, -0.1) is 0 Å². The van der Waals surface area contributed by atoms with Crippen molar-refractivity contribution in [3.8, 4) is 0 Å². The highest BCUT2D eigenvalue weighted by Gasteiger charge is 2.21. The summed E-state index contributed by atoms with van der Waals surface area (Å²) in [6, 6.07) is 0. The Kier molecular flexibility index (Phi) is 37.1. The van der Waals surface area contributed by atoms with Gasteiger partial charge in [0.25, 0.3) is 7.82 Å². The van der Waals surface area contributed by atoms with Gasteiger partial charge in [-0.05, 0) is 77.0 Å². The fraction of sp³-hybridized carbons (Fsp3) is 0.783. The maximum atomic E-state index is 12.7. The lowest BCUT2D eigenvalue weighted by molar-refractivity contribution is -0.870. The summed E-state index contributed by atoms with van der Waals surface area (Å²) in [6.45, 7) is 4.15. The zero-order valence-corrected chi connectivity index (χ0v) is 37.5. The van der Waals surface area contributed by atoms with Gasteiger partial charge in [0.1, 0.15) is 19.8 Å². The fourth-order valence-electron chi connectivity index (χ4n) is 5.77. The van der Waals surface area contributed by atoms with Crippen molar-refractivity contribution in [1.29, 1.82) is 0 Å². The van der Waals surface area contributed by atoms with E-state index < -0.39 is 32.5 Å². The van der Waals surface area contributed by atoms with Gasteiger partial charge in [-0.3, -0.25) is 14.2 Å². The van der Waals surface area contributed by atoms with Gasteiger partial charge in [0.2, 0.25) is 0 Å². The maximum absolute atomic E-state index is 12.7. The van der Waals surface area contributed by atoms with Crippen LogP contribution in [0.4, 0.5) is 0 Å². The minimum atomic E-state index is -4.63. The number of likely N-dealkylation sites (N-methyl/N-ethyl adjacent to an activating group) is 1. The van der Waals surface area contributed by atoms with E-state index in [4.69, 9.17) is 18.5 Å². The van der Waals surface area contributed by atoms with E-state index in [1.165, 1.54) is 77.0 Å². The second kappa shape index (κ2) is 38.5. The third-order valence-electron chi connectivity index (χ3n) is 9.32. The van der Waals surface area contributed by atoms with E-state index >= 15 is 0 Å². The van der Waals surface area contributed by atoms with Crippen LogP contribution in [-0.4, -0.2) is 70.0 Å². The molecule has 0 saturated heterocycles. The van der Waals surface area contributed by atoms with Crippen molar-refractivity contribution in [2.45, 2.75) is 187 Å². The second-order valence-electron chi connectivity index (χ2n) is 16.1. The molecule has 0 aliphatic rings. The van der Waals surface area contributed by atoms with Crippen LogP contribution in [0, 0.1) is 0 Å². The topological polar surface area (TPSA) is 111 Å². The number of esters is 2. The Bertz CT molecular complexity index is 1100. The van der Waals surface area contributed by atoms with Gasteiger partial charge in [0.15, 0.2) is 6.10 Å². The van der Waals surface area contributed by atoms with Crippen molar-refractivity contribution in [3.63, 3.8) is 0 Å². The number of rotatable bonds is 40. The van der Waals surface area contributed by atoms with Gasteiger partial charge in [-0.25, -0.2) is 0 Å². The van der Waals surface area contributed by atoms with Crippen LogP contribution < -0.4 is 4.89 Å². The predicted octanol–water partition coefficient (Wildman–Crippen LogP) is 12.1. The molecule has 326 valence electrons. The third kappa shape index (κ3) is 41.6. The highest BCUT2D eigenvalue weighted by Crippen LogP contribution is 2.38. The molecule has 10 heteroatoms. The number of unbranched alkanes of at least 4 members (excludes halogenated alkanes) is 18. The number of carbonyl (C=O) groups excluding carboxylic acids is 2. The smallest absolute Gasteiger partial charge is 0.306 e. The van der Waals surface area contributed by atoms with E-state index in [1.54, 1.807) is 0 Å². The van der Waals surface area contributed by atoms with E-state index in [1.807, 2.05) is 21.1 Å². The molecule has 0 aromatic heterocycles. The molecule has 0 aromatic rings. The summed E-state index contributed by atoms with van der Waals surface area (Å²) >= 11 is 0. The number of nitrogens with zero attached hydrogens (tertiary/aromatic N) is 1. The predicted molar refractivity (Wildman–Crippen MR) is 231 cm³/mol. The highest BCUT2D eigenvalue weighted by molar-refractivity contribution is 7.45. The van der Waals surface area contributed by atoms with Crippen molar-refractivity contribution < 1.29 is 42.1 Å². The quantitative estimate of drug-likeness (QED) is 0.0198. The van der Waals surface area contributed by atoms with Gasteiger partial charge in [-0.2, -0.15) is 0 Å². The van der Waals surface area contributed by atoms with Gasteiger partial charge in [0, 0.05) is 12.8 Å². The Hall–Kier alpha value is -2.03. The molecular formula is C46H84NO8P. The normalized spacial score (nSPS) is 14.0. The number of ether oxygens (including phenoxy) is 2. The summed E-state index contributed by atoms with van der Waals surface area (Å²) in [6.07, 6.45) is 44.1. The van der Waals surface area contributed by atoms with Crippen LogP contribution in [0.2, 0.25) is 0 Å². The molecule has 1 unspecified atom stereocenters. The lowest BCUT2D eigenvalue weighted by atomic mass is 10.1. The third-order valence-corrected chi connectivity index (χ3v) is 10.3. The average molecular weight is 810 g/mol. The molecule has 0 aliphatic heterocycles. The molecule has 0 fully saturated rings. The van der Waals surface area contributed by atoms with Crippen LogP contribution >= 0.6 is 7.82 Å². The molecule has 0 saturated carbocycles. The Morgan fingerprint density at radius 2 is 0.964 bits per heavy atom.